The van der Waals surface area contributed by atoms with Gasteiger partial charge >= 0.3 is 0 Å². The lowest BCUT2D eigenvalue weighted by atomic mass is 10.1. The number of halogens is 2. The molecule has 1 heterocycles. The summed E-state index contributed by atoms with van der Waals surface area (Å²) in [5.41, 5.74) is 7.09. The Morgan fingerprint density at radius 3 is 2.30 bits per heavy atom. The lowest BCUT2D eigenvalue weighted by molar-refractivity contribution is -0.133. The average Bonchev–Trinajstić information content (AvgIpc) is 2.52. The fraction of sp³-hybridized carbons (Fsp3) is 0.588. The van der Waals surface area contributed by atoms with E-state index in [4.69, 9.17) is 5.73 Å². The van der Waals surface area contributed by atoms with Gasteiger partial charge in [-0.3, -0.25) is 9.69 Å². The Kier molecular flexibility index (Phi) is 11.3. The summed E-state index contributed by atoms with van der Waals surface area (Å²) in [5, 5.41) is 0. The van der Waals surface area contributed by atoms with Crippen molar-refractivity contribution in [2.24, 2.45) is 5.73 Å². The van der Waals surface area contributed by atoms with Crippen molar-refractivity contribution in [2.75, 3.05) is 32.7 Å². The Morgan fingerprint density at radius 2 is 1.74 bits per heavy atom. The fourth-order valence-electron chi connectivity index (χ4n) is 2.66. The molecule has 4 nitrogen and oxygen atoms in total. The van der Waals surface area contributed by atoms with E-state index in [1.54, 1.807) is 0 Å². The van der Waals surface area contributed by atoms with Gasteiger partial charge in [0.1, 0.15) is 0 Å². The molecule has 6 heteroatoms. The summed E-state index contributed by atoms with van der Waals surface area (Å²) in [6, 6.07) is 10.7. The summed E-state index contributed by atoms with van der Waals surface area (Å²) < 4.78 is 0. The van der Waals surface area contributed by atoms with Crippen LogP contribution >= 0.6 is 24.8 Å². The zero-order valence-electron chi connectivity index (χ0n) is 13.8. The molecule has 1 aliphatic heterocycles. The molecular formula is C17H29Cl2N3O. The molecule has 1 atom stereocenters. The van der Waals surface area contributed by atoms with E-state index >= 15 is 0 Å². The standard InChI is InChI=1S/C17H27N3O.2ClH/c1-15(18)7-8-17(21)20-13-11-19(12-14-20)10-9-16-5-3-2-4-6-16;;/h2-6,15H,7-14,18H2,1H3;2*1H. The second-order valence-electron chi connectivity index (χ2n) is 5.97. The topological polar surface area (TPSA) is 49.6 Å². The molecule has 0 saturated carbocycles. The van der Waals surface area contributed by atoms with Gasteiger partial charge in [0.15, 0.2) is 0 Å². The number of rotatable bonds is 6. The highest BCUT2D eigenvalue weighted by molar-refractivity contribution is 5.85. The van der Waals surface area contributed by atoms with Gasteiger partial charge in [-0.25, -0.2) is 0 Å². The first-order valence-corrected chi connectivity index (χ1v) is 7.95. The smallest absolute Gasteiger partial charge is 0.222 e. The van der Waals surface area contributed by atoms with Crippen molar-refractivity contribution in [1.29, 1.82) is 0 Å². The highest BCUT2D eigenvalue weighted by atomic mass is 35.5. The van der Waals surface area contributed by atoms with E-state index in [0.717, 1.165) is 45.6 Å². The number of hydrogen-bond acceptors (Lipinski definition) is 3. The first kappa shape index (κ1) is 22.2. The Balaban J connectivity index is 0.00000242. The molecule has 1 unspecified atom stereocenters. The average molecular weight is 362 g/mol. The van der Waals surface area contributed by atoms with Crippen LogP contribution in [-0.4, -0.2) is 54.5 Å². The molecular weight excluding hydrogens is 333 g/mol. The third-order valence-electron chi connectivity index (χ3n) is 4.10. The molecule has 1 aromatic carbocycles. The molecule has 0 bridgehead atoms. The van der Waals surface area contributed by atoms with Gasteiger partial charge in [0.2, 0.25) is 5.91 Å². The van der Waals surface area contributed by atoms with Crippen molar-refractivity contribution in [2.45, 2.75) is 32.2 Å². The summed E-state index contributed by atoms with van der Waals surface area (Å²) >= 11 is 0. The Morgan fingerprint density at radius 1 is 1.13 bits per heavy atom. The van der Waals surface area contributed by atoms with Crippen LogP contribution in [0, 0.1) is 0 Å². The minimum absolute atomic E-state index is 0. The zero-order valence-corrected chi connectivity index (χ0v) is 15.5. The van der Waals surface area contributed by atoms with Gasteiger partial charge in [0.25, 0.3) is 0 Å². The van der Waals surface area contributed by atoms with Gasteiger partial charge in [-0.05, 0) is 25.3 Å². The number of benzene rings is 1. The molecule has 2 rings (SSSR count). The molecule has 132 valence electrons. The SMILES string of the molecule is CC(N)CCC(=O)N1CCN(CCc2ccccc2)CC1.Cl.Cl. The number of hydrogen-bond donors (Lipinski definition) is 1. The van der Waals surface area contributed by atoms with Crippen LogP contribution in [-0.2, 0) is 11.2 Å². The van der Waals surface area contributed by atoms with Gasteiger partial charge in [-0.2, -0.15) is 0 Å². The molecule has 1 aromatic rings. The predicted octanol–water partition coefficient (Wildman–Crippen LogP) is 2.34. The van der Waals surface area contributed by atoms with Crippen LogP contribution in [0.15, 0.2) is 30.3 Å². The lowest BCUT2D eigenvalue weighted by Crippen LogP contribution is -2.49. The van der Waals surface area contributed by atoms with E-state index in [2.05, 4.69) is 35.2 Å². The summed E-state index contributed by atoms with van der Waals surface area (Å²) in [7, 11) is 0. The first-order chi connectivity index (χ1) is 10.1. The summed E-state index contributed by atoms with van der Waals surface area (Å²) in [6.45, 7) is 6.70. The van der Waals surface area contributed by atoms with Gasteiger partial charge in [-0.1, -0.05) is 30.3 Å². The van der Waals surface area contributed by atoms with Crippen LogP contribution in [0.5, 0.6) is 0 Å². The van der Waals surface area contributed by atoms with Gasteiger partial charge in [0, 0.05) is 45.2 Å². The number of piperazine rings is 1. The van der Waals surface area contributed by atoms with E-state index in [9.17, 15) is 4.79 Å². The second-order valence-corrected chi connectivity index (χ2v) is 5.97. The van der Waals surface area contributed by atoms with Crippen molar-refractivity contribution in [3.63, 3.8) is 0 Å². The molecule has 1 amide bonds. The van der Waals surface area contributed by atoms with Gasteiger partial charge < -0.3 is 10.6 Å². The van der Waals surface area contributed by atoms with E-state index in [-0.39, 0.29) is 36.8 Å². The Labute approximate surface area is 152 Å². The van der Waals surface area contributed by atoms with E-state index in [1.165, 1.54) is 5.56 Å². The van der Waals surface area contributed by atoms with Crippen molar-refractivity contribution >= 4 is 30.7 Å². The van der Waals surface area contributed by atoms with E-state index < -0.39 is 0 Å². The number of nitrogens with zero attached hydrogens (tertiary/aromatic N) is 2. The van der Waals surface area contributed by atoms with Crippen LogP contribution < -0.4 is 5.73 Å². The Hall–Kier alpha value is -0.810. The molecule has 2 N–H and O–H groups in total. The van der Waals surface area contributed by atoms with E-state index in [0.29, 0.717) is 6.42 Å². The fourth-order valence-corrected chi connectivity index (χ4v) is 2.66. The summed E-state index contributed by atoms with van der Waals surface area (Å²) in [4.78, 5) is 16.5. The third-order valence-corrected chi connectivity index (χ3v) is 4.10. The van der Waals surface area contributed by atoms with Crippen LogP contribution in [0.4, 0.5) is 0 Å². The molecule has 1 aliphatic rings. The molecule has 0 spiro atoms. The minimum Gasteiger partial charge on any atom is -0.340 e. The number of carbonyl (C=O) groups is 1. The van der Waals surface area contributed by atoms with Crippen LogP contribution in [0.1, 0.15) is 25.3 Å². The molecule has 0 aliphatic carbocycles. The number of carbonyl (C=O) groups excluding carboxylic acids is 1. The van der Waals surface area contributed by atoms with Crippen LogP contribution in [0.25, 0.3) is 0 Å². The van der Waals surface area contributed by atoms with Crippen molar-refractivity contribution in [3.8, 4) is 0 Å². The zero-order chi connectivity index (χ0) is 15.1. The van der Waals surface area contributed by atoms with Crippen LogP contribution in [0.3, 0.4) is 0 Å². The molecule has 1 saturated heterocycles. The maximum absolute atomic E-state index is 12.0. The van der Waals surface area contributed by atoms with Gasteiger partial charge in [0.05, 0.1) is 0 Å². The first-order valence-electron chi connectivity index (χ1n) is 7.95. The highest BCUT2D eigenvalue weighted by Crippen LogP contribution is 2.08. The van der Waals surface area contributed by atoms with Crippen molar-refractivity contribution in [3.05, 3.63) is 35.9 Å². The maximum Gasteiger partial charge on any atom is 0.222 e. The normalized spacial score (nSPS) is 16.2. The molecule has 0 radical (unpaired) electrons. The molecule has 23 heavy (non-hydrogen) atoms. The largest absolute Gasteiger partial charge is 0.340 e. The predicted molar refractivity (Wildman–Crippen MR) is 101 cm³/mol. The van der Waals surface area contributed by atoms with Crippen LogP contribution in [0.2, 0.25) is 0 Å². The molecule has 1 fully saturated rings. The highest BCUT2D eigenvalue weighted by Gasteiger charge is 2.20. The summed E-state index contributed by atoms with van der Waals surface area (Å²) in [5.74, 6) is 0.259. The van der Waals surface area contributed by atoms with Crippen molar-refractivity contribution < 1.29 is 4.79 Å². The molecule has 0 aromatic heterocycles. The second kappa shape index (κ2) is 11.7. The number of nitrogens with two attached hydrogens (primary N) is 1. The van der Waals surface area contributed by atoms with E-state index in [1.807, 2.05) is 11.8 Å². The maximum atomic E-state index is 12.0. The monoisotopic (exact) mass is 361 g/mol. The van der Waals surface area contributed by atoms with Crippen molar-refractivity contribution in [1.82, 2.24) is 9.80 Å². The lowest BCUT2D eigenvalue weighted by Gasteiger charge is -2.35. The summed E-state index contributed by atoms with van der Waals surface area (Å²) in [6.07, 6.45) is 2.45. The number of amides is 1. The minimum atomic E-state index is 0. The Bertz CT molecular complexity index is 435. The van der Waals surface area contributed by atoms with Gasteiger partial charge in [-0.15, -0.1) is 24.8 Å². The quantitative estimate of drug-likeness (QED) is 0.845. The third kappa shape index (κ3) is 8.02.